The summed E-state index contributed by atoms with van der Waals surface area (Å²) in [6.45, 7) is 5.82. The van der Waals surface area contributed by atoms with Gasteiger partial charge >= 0.3 is 0 Å². The minimum atomic E-state index is 0.543. The molecule has 1 rings (SSSR count). The van der Waals surface area contributed by atoms with Crippen LogP contribution in [0.3, 0.4) is 0 Å². The van der Waals surface area contributed by atoms with Crippen molar-refractivity contribution < 1.29 is 0 Å². The summed E-state index contributed by atoms with van der Waals surface area (Å²) in [5, 5.41) is 4.24. The Morgan fingerprint density at radius 2 is 2.44 bits per heavy atom. The highest BCUT2D eigenvalue weighted by Crippen LogP contribution is 2.10. The van der Waals surface area contributed by atoms with Crippen molar-refractivity contribution in [1.82, 2.24) is 10.3 Å². The largest absolute Gasteiger partial charge is 0.370 e. The Kier molecular flexibility index (Phi) is 5.85. The quantitative estimate of drug-likeness (QED) is 0.452. The van der Waals surface area contributed by atoms with E-state index in [2.05, 4.69) is 29.1 Å². The van der Waals surface area contributed by atoms with Crippen molar-refractivity contribution in [1.29, 1.82) is 0 Å². The molecule has 1 heterocycles. The zero-order chi connectivity index (χ0) is 11.8. The van der Waals surface area contributed by atoms with Crippen molar-refractivity contribution in [3.8, 4) is 0 Å². The summed E-state index contributed by atoms with van der Waals surface area (Å²) in [6.07, 6.45) is 5.05. The van der Waals surface area contributed by atoms with Crippen LogP contribution in [0.4, 0.5) is 0 Å². The molecule has 0 aliphatic rings. The summed E-state index contributed by atoms with van der Waals surface area (Å²) >= 11 is 1.73. The maximum atomic E-state index is 5.71. The van der Waals surface area contributed by atoms with Crippen molar-refractivity contribution in [2.24, 2.45) is 10.7 Å². The van der Waals surface area contributed by atoms with Crippen LogP contribution in [0.25, 0.3) is 0 Å². The van der Waals surface area contributed by atoms with Gasteiger partial charge in [0, 0.05) is 30.6 Å². The Balaban J connectivity index is 2.17. The lowest BCUT2D eigenvalue weighted by molar-refractivity contribution is 0.790. The fraction of sp³-hybridized carbons (Fsp3) is 0.636. The number of nitrogens with two attached hydrogens (primary N) is 1. The minimum absolute atomic E-state index is 0.543. The average Bonchev–Trinajstić information content (AvgIpc) is 2.65. The summed E-state index contributed by atoms with van der Waals surface area (Å²) in [7, 11) is 0. The van der Waals surface area contributed by atoms with Crippen molar-refractivity contribution in [2.45, 2.75) is 33.1 Å². The Morgan fingerprint density at radius 3 is 3.06 bits per heavy atom. The lowest BCUT2D eigenvalue weighted by Crippen LogP contribution is -2.33. The fourth-order valence-corrected chi connectivity index (χ4v) is 2.01. The number of hydrogen-bond acceptors (Lipinski definition) is 3. The molecule has 3 N–H and O–H groups in total. The Morgan fingerprint density at radius 1 is 1.62 bits per heavy atom. The van der Waals surface area contributed by atoms with Gasteiger partial charge in [0.2, 0.25) is 0 Å². The Hall–Kier alpha value is -1.10. The van der Waals surface area contributed by atoms with E-state index in [1.165, 1.54) is 4.88 Å². The van der Waals surface area contributed by atoms with E-state index in [4.69, 9.17) is 5.73 Å². The molecule has 0 aliphatic heterocycles. The van der Waals surface area contributed by atoms with Gasteiger partial charge in [-0.3, -0.25) is 4.99 Å². The van der Waals surface area contributed by atoms with Gasteiger partial charge in [0.1, 0.15) is 0 Å². The maximum Gasteiger partial charge on any atom is 0.188 e. The zero-order valence-corrected chi connectivity index (χ0v) is 10.8. The van der Waals surface area contributed by atoms with Crippen LogP contribution >= 0.6 is 11.3 Å². The molecule has 0 radical (unpaired) electrons. The van der Waals surface area contributed by atoms with E-state index >= 15 is 0 Å². The lowest BCUT2D eigenvalue weighted by Gasteiger charge is -2.03. The van der Waals surface area contributed by atoms with Crippen molar-refractivity contribution in [3.63, 3.8) is 0 Å². The zero-order valence-electron chi connectivity index (χ0n) is 9.99. The van der Waals surface area contributed by atoms with Gasteiger partial charge in [-0.05, 0) is 13.3 Å². The number of nitrogens with zero attached hydrogens (tertiary/aromatic N) is 2. The molecule has 0 aliphatic carbocycles. The number of aryl methyl sites for hydroxylation is 1. The monoisotopic (exact) mass is 240 g/mol. The van der Waals surface area contributed by atoms with Crippen LogP contribution in [0.2, 0.25) is 0 Å². The van der Waals surface area contributed by atoms with Gasteiger partial charge in [0.25, 0.3) is 0 Å². The number of thiazole rings is 1. The van der Waals surface area contributed by atoms with Gasteiger partial charge < -0.3 is 11.1 Å². The smallest absolute Gasteiger partial charge is 0.188 e. The summed E-state index contributed by atoms with van der Waals surface area (Å²) in [6, 6.07) is 0. The Bertz CT molecular complexity index is 332. The minimum Gasteiger partial charge on any atom is -0.370 e. The molecule has 0 saturated carbocycles. The van der Waals surface area contributed by atoms with Gasteiger partial charge in [0.05, 0.1) is 5.01 Å². The van der Waals surface area contributed by atoms with Crippen LogP contribution < -0.4 is 11.1 Å². The van der Waals surface area contributed by atoms with Gasteiger partial charge in [-0.15, -0.1) is 11.3 Å². The second-order valence-corrected chi connectivity index (χ2v) is 4.98. The van der Waals surface area contributed by atoms with E-state index in [9.17, 15) is 0 Å². The first kappa shape index (κ1) is 13.0. The second kappa shape index (κ2) is 7.22. The van der Waals surface area contributed by atoms with Crippen LogP contribution in [0.1, 0.15) is 29.7 Å². The molecule has 4 nitrogen and oxygen atoms in total. The molecule has 0 unspecified atom stereocenters. The highest BCUT2D eigenvalue weighted by atomic mass is 32.1. The predicted octanol–water partition coefficient (Wildman–Crippen LogP) is 1.70. The summed E-state index contributed by atoms with van der Waals surface area (Å²) in [5.74, 6) is 0.543. The van der Waals surface area contributed by atoms with Gasteiger partial charge in [-0.1, -0.05) is 13.3 Å². The van der Waals surface area contributed by atoms with Crippen molar-refractivity contribution >= 4 is 17.3 Å². The van der Waals surface area contributed by atoms with E-state index in [1.807, 2.05) is 6.20 Å². The molecular weight excluding hydrogens is 220 g/mol. The number of hydrogen-bond donors (Lipinski definition) is 2. The SMILES string of the molecule is CCCCN=C(N)NCCc1ncc(C)s1. The topological polar surface area (TPSA) is 63.3 Å². The molecule has 0 atom stereocenters. The second-order valence-electron chi connectivity index (χ2n) is 3.66. The molecule has 0 spiro atoms. The average molecular weight is 240 g/mol. The summed E-state index contributed by atoms with van der Waals surface area (Å²) < 4.78 is 0. The first-order chi connectivity index (χ1) is 7.72. The molecule has 0 amide bonds. The third-order valence-corrected chi connectivity index (χ3v) is 3.08. The van der Waals surface area contributed by atoms with E-state index in [0.29, 0.717) is 5.96 Å². The molecule has 0 fully saturated rings. The molecule has 0 saturated heterocycles. The molecule has 0 aromatic carbocycles. The molecule has 5 heteroatoms. The number of aliphatic imine (C=N–C) groups is 1. The van der Waals surface area contributed by atoms with Crippen LogP contribution in [-0.2, 0) is 6.42 Å². The number of nitrogens with one attached hydrogen (secondary N) is 1. The number of guanidine groups is 1. The number of rotatable bonds is 6. The van der Waals surface area contributed by atoms with Crippen molar-refractivity contribution in [2.75, 3.05) is 13.1 Å². The number of unbranched alkanes of at least 4 members (excludes halogenated alkanes) is 1. The third-order valence-electron chi connectivity index (χ3n) is 2.11. The molecule has 90 valence electrons. The Labute approximate surface area is 101 Å². The van der Waals surface area contributed by atoms with Crippen LogP contribution in [0.5, 0.6) is 0 Å². The normalized spacial score (nSPS) is 11.8. The molecule has 0 bridgehead atoms. The van der Waals surface area contributed by atoms with Crippen LogP contribution in [0, 0.1) is 6.92 Å². The van der Waals surface area contributed by atoms with Crippen LogP contribution in [-0.4, -0.2) is 24.0 Å². The molecule has 1 aromatic heterocycles. The summed E-state index contributed by atoms with van der Waals surface area (Å²) in [5.41, 5.74) is 5.71. The molecule has 1 aromatic rings. The molecular formula is C11H20N4S. The van der Waals surface area contributed by atoms with Crippen LogP contribution in [0.15, 0.2) is 11.2 Å². The van der Waals surface area contributed by atoms with E-state index in [1.54, 1.807) is 11.3 Å². The fourth-order valence-electron chi connectivity index (χ4n) is 1.23. The standard InChI is InChI=1S/C11H20N4S/c1-3-4-6-13-11(12)14-7-5-10-15-8-9(2)16-10/h8H,3-7H2,1-2H3,(H3,12,13,14). The first-order valence-electron chi connectivity index (χ1n) is 5.67. The first-order valence-corrected chi connectivity index (χ1v) is 6.49. The highest BCUT2D eigenvalue weighted by Gasteiger charge is 1.98. The summed E-state index contributed by atoms with van der Waals surface area (Å²) in [4.78, 5) is 9.75. The molecule has 16 heavy (non-hydrogen) atoms. The van der Waals surface area contributed by atoms with E-state index in [-0.39, 0.29) is 0 Å². The highest BCUT2D eigenvalue weighted by molar-refractivity contribution is 7.11. The van der Waals surface area contributed by atoms with Gasteiger partial charge in [-0.2, -0.15) is 0 Å². The van der Waals surface area contributed by atoms with Gasteiger partial charge in [0.15, 0.2) is 5.96 Å². The van der Waals surface area contributed by atoms with E-state index < -0.39 is 0 Å². The van der Waals surface area contributed by atoms with Crippen molar-refractivity contribution in [3.05, 3.63) is 16.1 Å². The van der Waals surface area contributed by atoms with E-state index in [0.717, 1.165) is 37.4 Å². The third kappa shape index (κ3) is 5.11. The lowest BCUT2D eigenvalue weighted by atomic mass is 10.3. The predicted molar refractivity (Wildman–Crippen MR) is 70.0 cm³/mol. The maximum absolute atomic E-state index is 5.71. The van der Waals surface area contributed by atoms with Gasteiger partial charge in [-0.25, -0.2) is 4.98 Å². The number of aromatic nitrogens is 1.